The highest BCUT2D eigenvalue weighted by atomic mass is 32.2. The molecule has 7 nitrogen and oxygen atoms in total. The van der Waals surface area contributed by atoms with Gasteiger partial charge in [-0.25, -0.2) is 13.2 Å². The molecule has 0 aromatic heterocycles. The van der Waals surface area contributed by atoms with Crippen molar-refractivity contribution in [1.29, 1.82) is 0 Å². The van der Waals surface area contributed by atoms with Crippen molar-refractivity contribution in [2.45, 2.75) is 11.0 Å². The zero-order valence-electron chi connectivity index (χ0n) is 11.0. The number of nitrogen functional groups attached to an aromatic ring is 1. The highest BCUT2D eigenvalue weighted by Gasteiger charge is 2.34. The van der Waals surface area contributed by atoms with E-state index in [0.29, 0.717) is 5.69 Å². The molecule has 0 saturated carbocycles. The summed E-state index contributed by atoms with van der Waals surface area (Å²) in [6, 6.07) is 5.91. The molecule has 1 atom stereocenters. The predicted octanol–water partition coefficient (Wildman–Crippen LogP) is -0.169. The molecule has 1 aromatic carbocycles. The summed E-state index contributed by atoms with van der Waals surface area (Å²) in [4.78, 5) is 11.6. The van der Waals surface area contributed by atoms with Gasteiger partial charge in [-0.1, -0.05) is 0 Å². The van der Waals surface area contributed by atoms with Crippen molar-refractivity contribution in [1.82, 2.24) is 4.31 Å². The third kappa shape index (κ3) is 2.92. The molecule has 2 N–H and O–H groups in total. The average Bonchev–Trinajstić information content (AvgIpc) is 2.47. The minimum absolute atomic E-state index is 0.0562. The molecule has 1 saturated heterocycles. The van der Waals surface area contributed by atoms with Crippen molar-refractivity contribution in [3.05, 3.63) is 24.3 Å². The van der Waals surface area contributed by atoms with Gasteiger partial charge in [-0.3, -0.25) is 0 Å². The highest BCUT2D eigenvalue weighted by molar-refractivity contribution is 7.89. The molecule has 1 aromatic rings. The summed E-state index contributed by atoms with van der Waals surface area (Å²) >= 11 is 0. The maximum atomic E-state index is 12.4. The van der Waals surface area contributed by atoms with Crippen LogP contribution in [-0.4, -0.2) is 51.6 Å². The number of carbonyl (C=O) groups is 1. The third-order valence-corrected chi connectivity index (χ3v) is 4.89. The van der Waals surface area contributed by atoms with Crippen molar-refractivity contribution in [3.8, 4) is 0 Å². The Kier molecular flexibility index (Phi) is 4.26. The van der Waals surface area contributed by atoms with E-state index < -0.39 is 22.1 Å². The SMILES string of the molecule is COC(=O)C1CN(S(=O)(=O)c2ccc(N)cc2)CCO1. The molecule has 1 aliphatic heterocycles. The zero-order chi connectivity index (χ0) is 14.8. The Morgan fingerprint density at radius 1 is 1.40 bits per heavy atom. The fourth-order valence-corrected chi connectivity index (χ4v) is 3.33. The fraction of sp³-hybridized carbons (Fsp3) is 0.417. The molecular formula is C12H16N2O5S. The molecule has 0 bridgehead atoms. The molecule has 20 heavy (non-hydrogen) atoms. The summed E-state index contributed by atoms with van der Waals surface area (Å²) in [5.74, 6) is -0.581. The van der Waals surface area contributed by atoms with Gasteiger partial charge in [0.05, 0.1) is 25.2 Å². The summed E-state index contributed by atoms with van der Waals surface area (Å²) < 4.78 is 35.9. The predicted molar refractivity (Wildman–Crippen MR) is 71.4 cm³/mol. The van der Waals surface area contributed by atoms with Crippen molar-refractivity contribution >= 4 is 21.7 Å². The van der Waals surface area contributed by atoms with Crippen LogP contribution in [0.4, 0.5) is 5.69 Å². The van der Waals surface area contributed by atoms with Crippen molar-refractivity contribution in [2.24, 2.45) is 0 Å². The standard InChI is InChI=1S/C12H16N2O5S/c1-18-12(15)11-8-14(6-7-19-11)20(16,17)10-4-2-9(13)3-5-10/h2-5,11H,6-8,13H2,1H3. The quantitative estimate of drug-likeness (QED) is 0.615. The van der Waals surface area contributed by atoms with Gasteiger partial charge in [-0.05, 0) is 24.3 Å². The van der Waals surface area contributed by atoms with Gasteiger partial charge in [0.2, 0.25) is 10.0 Å². The first kappa shape index (κ1) is 14.8. The maximum Gasteiger partial charge on any atom is 0.336 e. The maximum absolute atomic E-state index is 12.4. The smallest absolute Gasteiger partial charge is 0.336 e. The Balaban J connectivity index is 2.21. The first-order valence-corrected chi connectivity index (χ1v) is 7.44. The highest BCUT2D eigenvalue weighted by Crippen LogP contribution is 2.20. The molecule has 1 heterocycles. The van der Waals surface area contributed by atoms with E-state index in [1.807, 2.05) is 0 Å². The van der Waals surface area contributed by atoms with Crippen LogP contribution in [0.5, 0.6) is 0 Å². The normalized spacial score (nSPS) is 20.6. The van der Waals surface area contributed by atoms with E-state index in [9.17, 15) is 13.2 Å². The van der Waals surface area contributed by atoms with Crippen molar-refractivity contribution < 1.29 is 22.7 Å². The molecule has 1 aliphatic rings. The van der Waals surface area contributed by atoms with Gasteiger partial charge in [-0.15, -0.1) is 0 Å². The molecule has 1 fully saturated rings. The number of carbonyl (C=O) groups excluding carboxylic acids is 1. The minimum atomic E-state index is -3.66. The van der Waals surface area contributed by atoms with Gasteiger partial charge in [0.25, 0.3) is 0 Å². The van der Waals surface area contributed by atoms with Crippen LogP contribution in [0.2, 0.25) is 0 Å². The van der Waals surface area contributed by atoms with Crippen LogP contribution in [-0.2, 0) is 24.3 Å². The summed E-state index contributed by atoms with van der Waals surface area (Å²) in [6.45, 7) is 0.285. The largest absolute Gasteiger partial charge is 0.467 e. The van der Waals surface area contributed by atoms with E-state index in [-0.39, 0.29) is 24.6 Å². The molecule has 0 radical (unpaired) electrons. The molecule has 2 rings (SSSR count). The summed E-state index contributed by atoms with van der Waals surface area (Å²) in [7, 11) is -2.43. The summed E-state index contributed by atoms with van der Waals surface area (Å²) in [6.07, 6.45) is -0.891. The number of nitrogens with two attached hydrogens (primary N) is 1. The second-order valence-electron chi connectivity index (χ2n) is 4.31. The van der Waals surface area contributed by atoms with Crippen LogP contribution in [0.1, 0.15) is 0 Å². The van der Waals surface area contributed by atoms with E-state index in [2.05, 4.69) is 4.74 Å². The monoisotopic (exact) mass is 300 g/mol. The van der Waals surface area contributed by atoms with E-state index in [1.54, 1.807) is 0 Å². The number of esters is 1. The van der Waals surface area contributed by atoms with Gasteiger partial charge >= 0.3 is 5.97 Å². The number of nitrogens with zero attached hydrogens (tertiary/aromatic N) is 1. The van der Waals surface area contributed by atoms with Gasteiger partial charge in [0, 0.05) is 12.2 Å². The summed E-state index contributed by atoms with van der Waals surface area (Å²) in [5, 5.41) is 0. The number of rotatable bonds is 3. The van der Waals surface area contributed by atoms with Crippen molar-refractivity contribution in [2.75, 3.05) is 32.5 Å². The Bertz CT molecular complexity index is 584. The molecule has 0 amide bonds. The molecule has 110 valence electrons. The van der Waals surface area contributed by atoms with Gasteiger partial charge < -0.3 is 15.2 Å². The lowest BCUT2D eigenvalue weighted by Crippen LogP contribution is -2.48. The molecular weight excluding hydrogens is 284 g/mol. The number of sulfonamides is 1. The summed E-state index contributed by atoms with van der Waals surface area (Å²) in [5.41, 5.74) is 6.02. The number of anilines is 1. The minimum Gasteiger partial charge on any atom is -0.467 e. The number of methoxy groups -OCH3 is 1. The van der Waals surface area contributed by atoms with Gasteiger partial charge in [0.1, 0.15) is 0 Å². The molecule has 1 unspecified atom stereocenters. The van der Waals surface area contributed by atoms with E-state index in [0.717, 1.165) is 0 Å². The zero-order valence-corrected chi connectivity index (χ0v) is 11.8. The lowest BCUT2D eigenvalue weighted by atomic mass is 10.3. The van der Waals surface area contributed by atoms with Gasteiger partial charge in [0.15, 0.2) is 6.10 Å². The second-order valence-corrected chi connectivity index (χ2v) is 6.25. The van der Waals surface area contributed by atoms with Crippen LogP contribution in [0.15, 0.2) is 29.2 Å². The number of morpholine rings is 1. The number of hydrogen-bond acceptors (Lipinski definition) is 6. The van der Waals surface area contributed by atoms with Crippen molar-refractivity contribution in [3.63, 3.8) is 0 Å². The second kappa shape index (κ2) is 5.78. The number of hydrogen-bond donors (Lipinski definition) is 1. The van der Waals surface area contributed by atoms with Crippen LogP contribution in [0.25, 0.3) is 0 Å². The Labute approximate surface area is 117 Å². The first-order valence-electron chi connectivity index (χ1n) is 6.00. The third-order valence-electron chi connectivity index (χ3n) is 3.01. The van der Waals surface area contributed by atoms with Crippen LogP contribution < -0.4 is 5.73 Å². The van der Waals surface area contributed by atoms with Crippen LogP contribution >= 0.6 is 0 Å². The molecule has 0 aliphatic carbocycles. The fourth-order valence-electron chi connectivity index (χ4n) is 1.91. The van der Waals surface area contributed by atoms with Gasteiger partial charge in [-0.2, -0.15) is 4.31 Å². The number of benzene rings is 1. The molecule has 0 spiro atoms. The average molecular weight is 300 g/mol. The van der Waals surface area contributed by atoms with E-state index >= 15 is 0 Å². The Morgan fingerprint density at radius 2 is 2.05 bits per heavy atom. The Morgan fingerprint density at radius 3 is 2.65 bits per heavy atom. The first-order chi connectivity index (χ1) is 9.45. The Hall–Kier alpha value is -1.64. The number of ether oxygens (including phenoxy) is 2. The van der Waals surface area contributed by atoms with E-state index in [1.165, 1.54) is 35.7 Å². The van der Waals surface area contributed by atoms with Crippen LogP contribution in [0, 0.1) is 0 Å². The van der Waals surface area contributed by atoms with Crippen LogP contribution in [0.3, 0.4) is 0 Å². The molecule has 8 heteroatoms. The lowest BCUT2D eigenvalue weighted by molar-refractivity contribution is -0.157. The van der Waals surface area contributed by atoms with E-state index in [4.69, 9.17) is 10.5 Å². The topological polar surface area (TPSA) is 98.9 Å². The lowest BCUT2D eigenvalue weighted by Gasteiger charge is -2.30.